The first kappa shape index (κ1) is 14.0. The number of hydrogen-bond acceptors (Lipinski definition) is 3. The Morgan fingerprint density at radius 3 is 2.76 bits per heavy atom. The summed E-state index contributed by atoms with van der Waals surface area (Å²) in [5.74, 6) is 0. The SMILES string of the molecule is CCCCCCNc1cc(Br)ccc1[N+](=O)[O-]. The maximum Gasteiger partial charge on any atom is 0.292 e. The van der Waals surface area contributed by atoms with Crippen molar-refractivity contribution in [3.05, 3.63) is 32.8 Å². The zero-order valence-electron chi connectivity index (χ0n) is 9.91. The number of nitrogens with zero attached hydrogens (tertiary/aromatic N) is 1. The van der Waals surface area contributed by atoms with E-state index in [9.17, 15) is 10.1 Å². The van der Waals surface area contributed by atoms with Gasteiger partial charge >= 0.3 is 0 Å². The van der Waals surface area contributed by atoms with E-state index in [1.54, 1.807) is 12.1 Å². The Balaban J connectivity index is 2.56. The van der Waals surface area contributed by atoms with Gasteiger partial charge in [0.2, 0.25) is 0 Å². The number of nitro benzene ring substituents is 1. The van der Waals surface area contributed by atoms with Crippen LogP contribution in [-0.2, 0) is 0 Å². The molecule has 0 aromatic heterocycles. The Bertz CT molecular complexity index is 383. The molecule has 0 radical (unpaired) electrons. The van der Waals surface area contributed by atoms with E-state index in [0.29, 0.717) is 5.69 Å². The second kappa shape index (κ2) is 7.27. The largest absolute Gasteiger partial charge is 0.379 e. The minimum absolute atomic E-state index is 0.128. The third-order valence-electron chi connectivity index (χ3n) is 2.50. The Morgan fingerprint density at radius 2 is 2.12 bits per heavy atom. The van der Waals surface area contributed by atoms with E-state index in [4.69, 9.17) is 0 Å². The first-order valence-corrected chi connectivity index (χ1v) is 6.62. The topological polar surface area (TPSA) is 55.2 Å². The van der Waals surface area contributed by atoms with Crippen LogP contribution in [0.5, 0.6) is 0 Å². The van der Waals surface area contributed by atoms with Gasteiger partial charge in [0.1, 0.15) is 5.69 Å². The quantitative estimate of drug-likeness (QED) is 0.463. The Hall–Kier alpha value is -1.10. The van der Waals surface area contributed by atoms with Crippen LogP contribution in [0.4, 0.5) is 11.4 Å². The predicted molar refractivity (Wildman–Crippen MR) is 73.4 cm³/mol. The highest BCUT2D eigenvalue weighted by Gasteiger charge is 2.12. The molecule has 0 saturated heterocycles. The van der Waals surface area contributed by atoms with Crippen LogP contribution in [-0.4, -0.2) is 11.5 Å². The van der Waals surface area contributed by atoms with Crippen LogP contribution in [0.3, 0.4) is 0 Å². The average molecular weight is 301 g/mol. The molecule has 0 fully saturated rings. The van der Waals surface area contributed by atoms with Gasteiger partial charge in [-0.1, -0.05) is 42.1 Å². The maximum atomic E-state index is 10.8. The van der Waals surface area contributed by atoms with Gasteiger partial charge in [0.15, 0.2) is 0 Å². The number of rotatable bonds is 7. The monoisotopic (exact) mass is 300 g/mol. The third kappa shape index (κ3) is 4.73. The molecule has 17 heavy (non-hydrogen) atoms. The fraction of sp³-hybridized carbons (Fsp3) is 0.500. The standard InChI is InChI=1S/C12H17BrN2O2/c1-2-3-4-5-8-14-11-9-10(13)6-7-12(11)15(16)17/h6-7,9,14H,2-5,8H2,1H3. The summed E-state index contributed by atoms with van der Waals surface area (Å²) in [5, 5.41) is 13.9. The summed E-state index contributed by atoms with van der Waals surface area (Å²) >= 11 is 3.32. The molecule has 0 aliphatic carbocycles. The lowest BCUT2D eigenvalue weighted by Crippen LogP contribution is -2.04. The molecule has 0 aliphatic rings. The van der Waals surface area contributed by atoms with Gasteiger partial charge in [0, 0.05) is 17.1 Å². The van der Waals surface area contributed by atoms with Crippen molar-refractivity contribution in [1.82, 2.24) is 0 Å². The first-order chi connectivity index (χ1) is 8.15. The number of benzene rings is 1. The highest BCUT2D eigenvalue weighted by atomic mass is 79.9. The lowest BCUT2D eigenvalue weighted by Gasteiger charge is -2.07. The van der Waals surface area contributed by atoms with Gasteiger partial charge in [-0.25, -0.2) is 0 Å². The van der Waals surface area contributed by atoms with Crippen molar-refractivity contribution in [2.24, 2.45) is 0 Å². The minimum atomic E-state index is -0.360. The van der Waals surface area contributed by atoms with E-state index >= 15 is 0 Å². The van der Waals surface area contributed by atoms with Gasteiger partial charge in [0.05, 0.1) is 4.92 Å². The molecule has 0 amide bonds. The van der Waals surface area contributed by atoms with Crippen molar-refractivity contribution >= 4 is 27.3 Å². The third-order valence-corrected chi connectivity index (χ3v) is 2.99. The molecule has 1 N–H and O–H groups in total. The van der Waals surface area contributed by atoms with Crippen LogP contribution in [0.15, 0.2) is 22.7 Å². The molecule has 0 spiro atoms. The zero-order chi connectivity index (χ0) is 12.7. The van der Waals surface area contributed by atoms with Gasteiger partial charge < -0.3 is 5.32 Å². The Kier molecular flexibility index (Phi) is 5.97. The number of halogens is 1. The van der Waals surface area contributed by atoms with Crippen molar-refractivity contribution in [3.63, 3.8) is 0 Å². The summed E-state index contributed by atoms with van der Waals surface area (Å²) in [6, 6.07) is 4.94. The summed E-state index contributed by atoms with van der Waals surface area (Å²) in [6.07, 6.45) is 4.60. The molecular weight excluding hydrogens is 284 g/mol. The summed E-state index contributed by atoms with van der Waals surface area (Å²) in [7, 11) is 0. The van der Waals surface area contributed by atoms with Crippen LogP contribution in [0.25, 0.3) is 0 Å². The molecule has 94 valence electrons. The molecule has 0 aliphatic heterocycles. The molecule has 0 bridgehead atoms. The highest BCUT2D eigenvalue weighted by Crippen LogP contribution is 2.27. The minimum Gasteiger partial charge on any atom is -0.379 e. The Morgan fingerprint density at radius 1 is 1.35 bits per heavy atom. The van der Waals surface area contributed by atoms with Gasteiger partial charge in [-0.2, -0.15) is 0 Å². The molecule has 1 aromatic carbocycles. The lowest BCUT2D eigenvalue weighted by molar-refractivity contribution is -0.384. The molecule has 0 atom stereocenters. The predicted octanol–water partition coefficient (Wildman–Crippen LogP) is 4.35. The number of nitrogens with one attached hydrogen (secondary N) is 1. The zero-order valence-corrected chi connectivity index (χ0v) is 11.5. The molecule has 0 heterocycles. The summed E-state index contributed by atoms with van der Waals surface area (Å²) in [6.45, 7) is 2.93. The summed E-state index contributed by atoms with van der Waals surface area (Å²) < 4.78 is 0.846. The molecule has 4 nitrogen and oxygen atoms in total. The lowest BCUT2D eigenvalue weighted by atomic mass is 10.2. The van der Waals surface area contributed by atoms with E-state index in [1.165, 1.54) is 18.9 Å². The normalized spacial score (nSPS) is 10.2. The van der Waals surface area contributed by atoms with Gasteiger partial charge in [-0.15, -0.1) is 0 Å². The van der Waals surface area contributed by atoms with Gasteiger partial charge in [-0.05, 0) is 18.6 Å². The molecule has 5 heteroatoms. The van der Waals surface area contributed by atoms with Crippen LogP contribution >= 0.6 is 15.9 Å². The highest BCUT2D eigenvalue weighted by molar-refractivity contribution is 9.10. The summed E-state index contributed by atoms with van der Waals surface area (Å²) in [5.41, 5.74) is 0.713. The molecule has 0 saturated carbocycles. The fourth-order valence-electron chi connectivity index (χ4n) is 1.58. The average Bonchev–Trinajstić information content (AvgIpc) is 2.28. The van der Waals surface area contributed by atoms with E-state index in [0.717, 1.165) is 23.9 Å². The second-order valence-corrected chi connectivity index (χ2v) is 4.82. The van der Waals surface area contributed by atoms with Gasteiger partial charge in [-0.3, -0.25) is 10.1 Å². The van der Waals surface area contributed by atoms with Crippen molar-refractivity contribution in [2.75, 3.05) is 11.9 Å². The van der Waals surface area contributed by atoms with E-state index in [1.807, 2.05) is 0 Å². The number of hydrogen-bond donors (Lipinski definition) is 1. The van der Waals surface area contributed by atoms with Crippen LogP contribution in [0, 0.1) is 10.1 Å². The van der Waals surface area contributed by atoms with Crippen molar-refractivity contribution in [2.45, 2.75) is 32.6 Å². The van der Waals surface area contributed by atoms with Crippen molar-refractivity contribution in [3.8, 4) is 0 Å². The fourth-order valence-corrected chi connectivity index (χ4v) is 1.94. The van der Waals surface area contributed by atoms with Crippen LogP contribution in [0.2, 0.25) is 0 Å². The number of nitro groups is 1. The number of unbranched alkanes of at least 4 members (excludes halogenated alkanes) is 3. The maximum absolute atomic E-state index is 10.8. The molecule has 1 aromatic rings. The van der Waals surface area contributed by atoms with Crippen molar-refractivity contribution in [1.29, 1.82) is 0 Å². The Labute approximate surface area is 110 Å². The van der Waals surface area contributed by atoms with Crippen LogP contribution in [0.1, 0.15) is 32.6 Å². The molecular formula is C12H17BrN2O2. The first-order valence-electron chi connectivity index (χ1n) is 5.83. The number of anilines is 1. The van der Waals surface area contributed by atoms with Gasteiger partial charge in [0.25, 0.3) is 5.69 Å². The molecule has 0 unspecified atom stereocenters. The smallest absolute Gasteiger partial charge is 0.292 e. The van der Waals surface area contributed by atoms with E-state index in [2.05, 4.69) is 28.2 Å². The molecule has 1 rings (SSSR count). The van der Waals surface area contributed by atoms with Crippen LogP contribution < -0.4 is 5.32 Å². The summed E-state index contributed by atoms with van der Waals surface area (Å²) in [4.78, 5) is 10.5. The van der Waals surface area contributed by atoms with E-state index < -0.39 is 0 Å². The second-order valence-electron chi connectivity index (χ2n) is 3.91. The van der Waals surface area contributed by atoms with E-state index in [-0.39, 0.29) is 10.6 Å². The van der Waals surface area contributed by atoms with Crippen molar-refractivity contribution < 1.29 is 4.92 Å².